The molecular formula is C12H17NO3. The molecule has 0 aromatic heterocycles. The molecule has 88 valence electrons. The van der Waals surface area contributed by atoms with Crippen molar-refractivity contribution in [3.63, 3.8) is 0 Å². The van der Waals surface area contributed by atoms with Crippen LogP contribution in [-0.4, -0.2) is 39.9 Å². The van der Waals surface area contributed by atoms with Crippen molar-refractivity contribution in [1.82, 2.24) is 4.90 Å². The monoisotopic (exact) mass is 223 g/mol. The van der Waals surface area contributed by atoms with Crippen LogP contribution >= 0.6 is 0 Å². The van der Waals surface area contributed by atoms with Crippen molar-refractivity contribution in [2.75, 3.05) is 0 Å². The number of rotatable bonds is 1. The lowest BCUT2D eigenvalue weighted by Crippen LogP contribution is -2.50. The molecule has 3 saturated heterocycles. The van der Waals surface area contributed by atoms with Crippen LogP contribution in [0.4, 0.5) is 0 Å². The smallest absolute Gasteiger partial charge is 0.328 e. The highest BCUT2D eigenvalue weighted by Gasteiger charge is 2.80. The first kappa shape index (κ1) is 10.3. The summed E-state index contributed by atoms with van der Waals surface area (Å²) in [5, 5.41) is 0. The molecule has 4 unspecified atom stereocenters. The van der Waals surface area contributed by atoms with Gasteiger partial charge in [0.25, 0.3) is 0 Å². The van der Waals surface area contributed by atoms with Crippen molar-refractivity contribution < 1.29 is 14.3 Å². The lowest BCUT2D eigenvalue weighted by Gasteiger charge is -2.35. The predicted octanol–water partition coefficient (Wildman–Crippen LogP) is 0.886. The number of hydrogen-bond acceptors (Lipinski definition) is 4. The number of fused-ring (bicyclic) bond motifs is 1. The summed E-state index contributed by atoms with van der Waals surface area (Å²) >= 11 is 0. The van der Waals surface area contributed by atoms with Gasteiger partial charge in [-0.3, -0.25) is 9.69 Å². The van der Waals surface area contributed by atoms with Gasteiger partial charge in [-0.2, -0.15) is 0 Å². The molecule has 3 rings (SSSR count). The lowest BCUT2D eigenvalue weighted by atomic mass is 9.91. The predicted molar refractivity (Wildman–Crippen MR) is 56.8 cm³/mol. The molecule has 0 N–H and O–H groups in total. The number of hydrogen-bond donors (Lipinski definition) is 0. The average Bonchev–Trinajstić information content (AvgIpc) is 2.63. The first-order chi connectivity index (χ1) is 7.34. The summed E-state index contributed by atoms with van der Waals surface area (Å²) < 4.78 is 5.44. The molecule has 0 amide bonds. The largest absolute Gasteiger partial charge is 0.459 e. The minimum atomic E-state index is -0.437. The highest BCUT2D eigenvalue weighted by Crippen LogP contribution is 2.62. The fourth-order valence-electron chi connectivity index (χ4n) is 3.27. The normalized spacial score (nSPS) is 44.4. The van der Waals surface area contributed by atoms with Crippen molar-refractivity contribution in [1.29, 1.82) is 0 Å². The van der Waals surface area contributed by atoms with E-state index in [1.807, 2.05) is 20.8 Å². The molecule has 0 bridgehead atoms. The van der Waals surface area contributed by atoms with E-state index in [4.69, 9.17) is 4.74 Å². The van der Waals surface area contributed by atoms with Gasteiger partial charge in [-0.05, 0) is 27.2 Å². The molecule has 16 heavy (non-hydrogen) atoms. The Kier molecular flexibility index (Phi) is 1.71. The lowest BCUT2D eigenvalue weighted by molar-refractivity contribution is -0.163. The van der Waals surface area contributed by atoms with Crippen LogP contribution in [0.1, 0.15) is 40.0 Å². The molecule has 0 spiro atoms. The van der Waals surface area contributed by atoms with Gasteiger partial charge in [0.05, 0.1) is 0 Å². The standard InChI is InChI=1S/C12H17NO3/c1-11(2,3)16-10(15)12-6-7-4-8(14)5-9(12)13(7)12/h7,9H,4-6H2,1-3H3. The number of esters is 1. The van der Waals surface area contributed by atoms with Crippen molar-refractivity contribution in [2.24, 2.45) is 0 Å². The molecule has 4 heteroatoms. The van der Waals surface area contributed by atoms with E-state index >= 15 is 0 Å². The van der Waals surface area contributed by atoms with Gasteiger partial charge in [0, 0.05) is 24.9 Å². The third kappa shape index (κ3) is 1.14. The topological polar surface area (TPSA) is 46.4 Å². The number of Topliss-reactive ketones (excluding diaryl/α,β-unsaturated/α-hetero) is 1. The second-order valence-corrected chi connectivity index (χ2v) is 6.15. The van der Waals surface area contributed by atoms with E-state index in [0.717, 1.165) is 6.42 Å². The second kappa shape index (κ2) is 2.67. The Labute approximate surface area is 94.9 Å². The molecule has 0 aromatic rings. The van der Waals surface area contributed by atoms with E-state index in [9.17, 15) is 9.59 Å². The SMILES string of the molecule is CC(C)(C)OC(=O)C12CC3CC(=O)CC1N32. The molecular weight excluding hydrogens is 206 g/mol. The fourth-order valence-corrected chi connectivity index (χ4v) is 3.27. The first-order valence-corrected chi connectivity index (χ1v) is 5.88. The minimum Gasteiger partial charge on any atom is -0.459 e. The molecule has 3 fully saturated rings. The van der Waals surface area contributed by atoms with Crippen LogP contribution in [0.15, 0.2) is 0 Å². The van der Waals surface area contributed by atoms with E-state index in [0.29, 0.717) is 24.7 Å². The van der Waals surface area contributed by atoms with Crippen LogP contribution in [0, 0.1) is 0 Å². The van der Waals surface area contributed by atoms with Crippen molar-refractivity contribution in [3.05, 3.63) is 0 Å². The summed E-state index contributed by atoms with van der Waals surface area (Å²) in [5.41, 5.74) is -0.849. The number of ketones is 1. The number of carbonyl (C=O) groups is 2. The van der Waals surface area contributed by atoms with E-state index in [1.165, 1.54) is 0 Å². The van der Waals surface area contributed by atoms with Crippen molar-refractivity contribution >= 4 is 11.8 Å². The van der Waals surface area contributed by atoms with Gasteiger partial charge >= 0.3 is 5.97 Å². The Balaban J connectivity index is 1.75. The third-order valence-electron chi connectivity index (χ3n) is 3.86. The Morgan fingerprint density at radius 1 is 1.44 bits per heavy atom. The van der Waals surface area contributed by atoms with Crippen LogP contribution in [0.5, 0.6) is 0 Å². The molecule has 0 saturated carbocycles. The zero-order chi connectivity index (χ0) is 11.7. The van der Waals surface area contributed by atoms with Gasteiger partial charge in [-0.1, -0.05) is 0 Å². The molecule has 4 atom stereocenters. The number of piperidine rings is 1. The zero-order valence-electron chi connectivity index (χ0n) is 9.95. The Morgan fingerprint density at radius 2 is 2.12 bits per heavy atom. The quantitative estimate of drug-likeness (QED) is 0.489. The van der Waals surface area contributed by atoms with Crippen LogP contribution in [0.25, 0.3) is 0 Å². The minimum absolute atomic E-state index is 0.129. The Hall–Kier alpha value is -0.900. The van der Waals surface area contributed by atoms with E-state index in [2.05, 4.69) is 4.90 Å². The summed E-state index contributed by atoms with van der Waals surface area (Å²) in [4.78, 5) is 25.7. The molecule has 3 aliphatic heterocycles. The molecule has 0 aromatic carbocycles. The van der Waals surface area contributed by atoms with E-state index < -0.39 is 11.1 Å². The number of carbonyl (C=O) groups excluding carboxylic acids is 2. The highest BCUT2D eigenvalue weighted by atomic mass is 16.6. The number of ether oxygens (including phenoxy) is 1. The Bertz CT molecular complexity index is 384. The van der Waals surface area contributed by atoms with E-state index in [-0.39, 0.29) is 12.0 Å². The van der Waals surface area contributed by atoms with Gasteiger partial charge in [-0.25, -0.2) is 4.79 Å². The fraction of sp³-hybridized carbons (Fsp3) is 0.833. The second-order valence-electron chi connectivity index (χ2n) is 6.15. The molecule has 3 aliphatic rings. The highest BCUT2D eigenvalue weighted by molar-refractivity contribution is 5.94. The van der Waals surface area contributed by atoms with Crippen molar-refractivity contribution in [2.45, 2.75) is 63.3 Å². The van der Waals surface area contributed by atoms with Gasteiger partial charge in [0.15, 0.2) is 0 Å². The summed E-state index contributed by atoms with van der Waals surface area (Å²) in [6.45, 7) is 5.64. The van der Waals surface area contributed by atoms with Gasteiger partial charge < -0.3 is 4.74 Å². The van der Waals surface area contributed by atoms with Crippen LogP contribution < -0.4 is 0 Å². The van der Waals surface area contributed by atoms with Crippen LogP contribution in [0.2, 0.25) is 0 Å². The molecule has 0 aliphatic carbocycles. The first-order valence-electron chi connectivity index (χ1n) is 5.88. The summed E-state index contributed by atoms with van der Waals surface area (Å²) in [6, 6.07) is 0.465. The maximum Gasteiger partial charge on any atom is 0.328 e. The molecule has 0 radical (unpaired) electrons. The van der Waals surface area contributed by atoms with Gasteiger partial charge in [0.1, 0.15) is 16.9 Å². The maximum absolute atomic E-state index is 12.1. The average molecular weight is 223 g/mol. The van der Waals surface area contributed by atoms with Crippen LogP contribution in [0.3, 0.4) is 0 Å². The zero-order valence-corrected chi connectivity index (χ0v) is 9.95. The number of nitrogens with zero attached hydrogens (tertiary/aromatic N) is 1. The van der Waals surface area contributed by atoms with Gasteiger partial charge in [0.2, 0.25) is 0 Å². The maximum atomic E-state index is 12.1. The molecule has 3 heterocycles. The third-order valence-corrected chi connectivity index (χ3v) is 3.86. The van der Waals surface area contributed by atoms with E-state index in [1.54, 1.807) is 0 Å². The summed E-state index contributed by atoms with van der Waals surface area (Å²) in [6.07, 6.45) is 1.98. The van der Waals surface area contributed by atoms with Crippen molar-refractivity contribution in [3.8, 4) is 0 Å². The Morgan fingerprint density at radius 3 is 2.75 bits per heavy atom. The molecule has 4 nitrogen and oxygen atoms in total. The summed E-state index contributed by atoms with van der Waals surface area (Å²) in [7, 11) is 0. The van der Waals surface area contributed by atoms with Gasteiger partial charge in [-0.15, -0.1) is 0 Å². The van der Waals surface area contributed by atoms with Crippen LogP contribution in [-0.2, 0) is 14.3 Å². The summed E-state index contributed by atoms with van der Waals surface area (Å²) in [5.74, 6) is 0.171.